The Balaban J connectivity index is 1.27. The Morgan fingerprint density at radius 3 is 0.732 bits per heavy atom. The van der Waals surface area contributed by atoms with Crippen molar-refractivity contribution >= 4 is 43.6 Å². The third-order valence-corrected chi connectivity index (χ3v) is 14.4. The van der Waals surface area contributed by atoms with E-state index in [1.54, 1.807) is 74.5 Å². The van der Waals surface area contributed by atoms with Gasteiger partial charge >= 0.3 is 0 Å². The summed E-state index contributed by atoms with van der Waals surface area (Å²) in [5.74, 6) is 1.08. The quantitative estimate of drug-likeness (QED) is 0.144. The van der Waals surface area contributed by atoms with Crippen LogP contribution in [0.1, 0.15) is 61.7 Å². The number of fused-ring (bicyclic) bond motifs is 6. The number of hydrogen-bond donors (Lipinski definition) is 0. The molecule has 0 saturated carbocycles. The molecule has 14 heteroatoms. The van der Waals surface area contributed by atoms with E-state index in [0.717, 1.165) is 21.5 Å². The maximum Gasteiger partial charge on any atom is 0.167 e. The lowest BCUT2D eigenvalue weighted by atomic mass is 9.98. The first-order valence-corrected chi connectivity index (χ1v) is 25.2. The van der Waals surface area contributed by atoms with E-state index in [4.69, 9.17) is 9.97 Å². The van der Waals surface area contributed by atoms with Gasteiger partial charge in [0.25, 0.3) is 0 Å². The zero-order chi connectivity index (χ0) is 56.9. The van der Waals surface area contributed by atoms with Gasteiger partial charge in [0.05, 0.1) is 144 Å². The zero-order valence-electron chi connectivity index (χ0n) is 43.3. The fraction of sp³-hybridized carbons (Fsp3) is 0.0294. The average molecular weight is 1050 g/mol. The van der Waals surface area contributed by atoms with Gasteiger partial charge in [-0.3, -0.25) is 0 Å². The number of rotatable bonds is 7. The normalized spacial score (nSPS) is 10.7. The van der Waals surface area contributed by atoms with Crippen LogP contribution < -0.4 is 0 Å². The van der Waals surface area contributed by atoms with Crippen molar-refractivity contribution in [1.29, 1.82) is 47.4 Å². The van der Waals surface area contributed by atoms with Gasteiger partial charge in [-0.25, -0.2) is 15.0 Å². The van der Waals surface area contributed by atoms with E-state index in [-0.39, 0.29) is 11.4 Å². The molecule has 82 heavy (non-hydrogen) atoms. The number of aryl methyl sites for hydroxylation is 2. The predicted molar refractivity (Wildman–Crippen MR) is 308 cm³/mol. The lowest BCUT2D eigenvalue weighted by Crippen LogP contribution is -2.08. The number of nitrogens with zero attached hydrogens (tertiary/aromatic N) is 14. The van der Waals surface area contributed by atoms with Crippen molar-refractivity contribution in [2.45, 2.75) is 13.8 Å². The van der Waals surface area contributed by atoms with Crippen LogP contribution in [0.25, 0.3) is 111 Å². The smallest absolute Gasteiger partial charge is 0.167 e. The molecule has 0 saturated heterocycles. The summed E-state index contributed by atoms with van der Waals surface area (Å²) in [6.45, 7) is 3.54. The summed E-state index contributed by atoms with van der Waals surface area (Å²) in [5, 5.41) is 95.1. The molecule has 0 aliphatic carbocycles. The first-order chi connectivity index (χ1) is 39.9. The van der Waals surface area contributed by atoms with Crippen molar-refractivity contribution in [2.75, 3.05) is 0 Å². The molecular formula is C68H32N14. The van der Waals surface area contributed by atoms with Crippen LogP contribution in [0, 0.1) is 116 Å². The Bertz CT molecular complexity index is 4550. The Morgan fingerprint density at radius 1 is 0.268 bits per heavy atom. The number of nitriles is 9. The summed E-state index contributed by atoms with van der Waals surface area (Å²) in [6.07, 6.45) is 0. The molecule has 0 fully saturated rings. The SMILES string of the molecule is Cc1nc(C)nc(-c2c(-n3c4cc(-c5cc(C#N)cc(C#N)c5)ccc4c4ccc(-c5cc(C#N)cc(C#N)c5)cc43)cc(C#N)cc2-n2c3cc(-c4cc(C#N)cc(C#N)c4)ccc3c3ccc(-c4cc(C#N)cc(C#N)c4)cc32)n1. The van der Waals surface area contributed by atoms with E-state index in [9.17, 15) is 47.4 Å². The van der Waals surface area contributed by atoms with Gasteiger partial charge in [0.2, 0.25) is 0 Å². The van der Waals surface area contributed by atoms with E-state index in [2.05, 4.69) is 59.6 Å². The van der Waals surface area contributed by atoms with Crippen molar-refractivity contribution < 1.29 is 0 Å². The molecule has 0 N–H and O–H groups in total. The van der Waals surface area contributed by atoms with Crippen LogP contribution in [0.2, 0.25) is 0 Å². The maximum absolute atomic E-state index is 11.3. The Morgan fingerprint density at radius 2 is 0.500 bits per heavy atom. The molecule has 14 nitrogen and oxygen atoms in total. The van der Waals surface area contributed by atoms with E-state index in [0.29, 0.717) is 140 Å². The van der Waals surface area contributed by atoms with Crippen LogP contribution in [0.15, 0.2) is 158 Å². The highest BCUT2D eigenvalue weighted by Crippen LogP contribution is 2.45. The second-order valence-corrected chi connectivity index (χ2v) is 19.4. The minimum Gasteiger partial charge on any atom is -0.308 e. The van der Waals surface area contributed by atoms with Gasteiger partial charge in [0.15, 0.2) is 5.82 Å². The highest BCUT2D eigenvalue weighted by atomic mass is 15.1. The molecule has 0 unspecified atom stereocenters. The third kappa shape index (κ3) is 8.53. The molecule has 0 bridgehead atoms. The summed E-state index contributed by atoms with van der Waals surface area (Å²) in [4.78, 5) is 14.7. The van der Waals surface area contributed by atoms with E-state index >= 15 is 0 Å². The van der Waals surface area contributed by atoms with Gasteiger partial charge < -0.3 is 9.13 Å². The molecule has 3 heterocycles. The topological polar surface area (TPSA) is 263 Å². The van der Waals surface area contributed by atoms with Gasteiger partial charge in [0, 0.05) is 21.5 Å². The minimum absolute atomic E-state index is 0.238. The van der Waals surface area contributed by atoms with Crippen LogP contribution >= 0.6 is 0 Å². The number of aromatic nitrogens is 5. The molecule has 3 aromatic heterocycles. The van der Waals surface area contributed by atoms with Crippen molar-refractivity contribution in [3.8, 4) is 122 Å². The van der Waals surface area contributed by atoms with Crippen LogP contribution in [-0.2, 0) is 0 Å². The highest BCUT2D eigenvalue weighted by Gasteiger charge is 2.27. The van der Waals surface area contributed by atoms with Gasteiger partial charge in [-0.1, -0.05) is 48.5 Å². The van der Waals surface area contributed by atoms with Gasteiger partial charge in [-0.15, -0.1) is 0 Å². The highest BCUT2D eigenvalue weighted by molar-refractivity contribution is 6.14. The second-order valence-electron chi connectivity index (χ2n) is 19.4. The van der Waals surface area contributed by atoms with Crippen molar-refractivity contribution in [1.82, 2.24) is 24.1 Å². The molecule has 0 radical (unpaired) electrons. The van der Waals surface area contributed by atoms with E-state index in [1.807, 2.05) is 81.9 Å². The molecule has 12 aromatic rings. The molecule has 0 aliphatic heterocycles. The standard InChI is InChI=1S/C68H32N14/c1-38-78-39(2)80-68(79-38)67-65(81-61-25-49(53-15-40(29-69)11-41(16-53)30-70)3-7-57(61)58-8-4-50(26-62(58)81)54-17-42(31-71)12-43(18-54)32-72)23-48(37-77)24-66(67)82-63-27-51(55-19-44(33-73)13-45(20-55)34-74)5-9-59(63)60-10-6-52(28-64(60)82)56-21-46(35-75)14-47(22-56)36-76/h3-28H,1-2H3. The third-order valence-electron chi connectivity index (χ3n) is 14.4. The summed E-state index contributed by atoms with van der Waals surface area (Å²) in [5.41, 5.74) is 11.8. The zero-order valence-corrected chi connectivity index (χ0v) is 43.3. The number of benzene rings is 9. The van der Waals surface area contributed by atoms with Crippen molar-refractivity contribution in [3.05, 3.63) is 219 Å². The van der Waals surface area contributed by atoms with Crippen LogP contribution in [-0.4, -0.2) is 24.1 Å². The Labute approximate surface area is 468 Å². The largest absolute Gasteiger partial charge is 0.308 e. The fourth-order valence-electron chi connectivity index (χ4n) is 11.0. The molecule has 9 aromatic carbocycles. The van der Waals surface area contributed by atoms with E-state index < -0.39 is 0 Å². The minimum atomic E-state index is 0.238. The Hall–Kier alpha value is -13.0. The van der Waals surface area contributed by atoms with Gasteiger partial charge in [-0.05, 0) is 168 Å². The fourth-order valence-corrected chi connectivity index (χ4v) is 11.0. The Kier molecular flexibility index (Phi) is 12.1. The molecule has 0 aliphatic rings. The lowest BCUT2D eigenvalue weighted by Gasteiger charge is -2.20. The van der Waals surface area contributed by atoms with Crippen molar-refractivity contribution in [2.24, 2.45) is 0 Å². The molecule has 12 rings (SSSR count). The van der Waals surface area contributed by atoms with Gasteiger partial charge in [0.1, 0.15) is 11.6 Å². The molecule has 374 valence electrons. The average Bonchev–Trinajstić information content (AvgIpc) is 4.14. The molecule has 0 atom stereocenters. The maximum atomic E-state index is 11.3. The predicted octanol–water partition coefficient (Wildman–Crippen LogP) is 13.9. The van der Waals surface area contributed by atoms with Crippen LogP contribution in [0.4, 0.5) is 0 Å². The second kappa shape index (κ2) is 19.9. The van der Waals surface area contributed by atoms with Crippen LogP contribution in [0.5, 0.6) is 0 Å². The number of hydrogen-bond acceptors (Lipinski definition) is 12. The first-order valence-electron chi connectivity index (χ1n) is 25.2. The summed E-state index contributed by atoms with van der Waals surface area (Å²) in [7, 11) is 0. The summed E-state index contributed by atoms with van der Waals surface area (Å²) >= 11 is 0. The van der Waals surface area contributed by atoms with E-state index in [1.165, 1.54) is 24.3 Å². The van der Waals surface area contributed by atoms with Gasteiger partial charge in [-0.2, -0.15) is 47.4 Å². The molecular weight excluding hydrogens is 1010 g/mol. The molecule has 0 spiro atoms. The summed E-state index contributed by atoms with van der Waals surface area (Å²) in [6, 6.07) is 66.8. The van der Waals surface area contributed by atoms with Crippen molar-refractivity contribution in [3.63, 3.8) is 0 Å². The summed E-state index contributed by atoms with van der Waals surface area (Å²) < 4.78 is 4.06. The molecule has 0 amide bonds. The lowest BCUT2D eigenvalue weighted by molar-refractivity contribution is 0.924. The monoisotopic (exact) mass is 1040 g/mol. The first kappa shape index (κ1) is 49.9. The van der Waals surface area contributed by atoms with Crippen LogP contribution in [0.3, 0.4) is 0 Å².